The summed E-state index contributed by atoms with van der Waals surface area (Å²) in [6.07, 6.45) is 0. The molecule has 0 amide bonds. The lowest BCUT2D eigenvalue weighted by atomic mass is 10.1. The van der Waals surface area contributed by atoms with Crippen LogP contribution in [0.1, 0.15) is 29.3 Å². The van der Waals surface area contributed by atoms with Crippen LogP contribution < -0.4 is 4.90 Å². The number of halogens is 1. The molecule has 20 heavy (non-hydrogen) atoms. The SMILES string of the molecule is CCN(c1cccc(C)c1)c1nc(C)cc(C)c1CCl. The van der Waals surface area contributed by atoms with Gasteiger partial charge in [-0.2, -0.15) is 0 Å². The Hall–Kier alpha value is -1.54. The topological polar surface area (TPSA) is 16.1 Å². The van der Waals surface area contributed by atoms with Gasteiger partial charge in [0.1, 0.15) is 5.82 Å². The van der Waals surface area contributed by atoms with Gasteiger partial charge in [0.25, 0.3) is 0 Å². The Morgan fingerprint density at radius 1 is 1.15 bits per heavy atom. The average Bonchev–Trinajstić information content (AvgIpc) is 2.39. The van der Waals surface area contributed by atoms with E-state index in [2.05, 4.69) is 56.0 Å². The van der Waals surface area contributed by atoms with Gasteiger partial charge >= 0.3 is 0 Å². The molecule has 0 aliphatic heterocycles. The van der Waals surface area contributed by atoms with Crippen LogP contribution in [0.5, 0.6) is 0 Å². The number of benzene rings is 1. The Bertz CT molecular complexity index is 608. The highest BCUT2D eigenvalue weighted by atomic mass is 35.5. The molecule has 0 N–H and O–H groups in total. The molecular weight excluding hydrogens is 268 g/mol. The molecule has 0 spiro atoms. The Morgan fingerprint density at radius 2 is 1.90 bits per heavy atom. The summed E-state index contributed by atoms with van der Waals surface area (Å²) < 4.78 is 0. The fraction of sp³-hybridized carbons (Fsp3) is 0.353. The van der Waals surface area contributed by atoms with Crippen LogP contribution >= 0.6 is 11.6 Å². The summed E-state index contributed by atoms with van der Waals surface area (Å²) in [5.74, 6) is 1.46. The predicted molar refractivity (Wildman–Crippen MR) is 87.1 cm³/mol. The zero-order valence-corrected chi connectivity index (χ0v) is 13.3. The predicted octanol–water partition coefficient (Wildman–Crippen LogP) is 4.90. The van der Waals surface area contributed by atoms with Crippen molar-refractivity contribution in [3.05, 3.63) is 52.7 Å². The van der Waals surface area contributed by atoms with Crippen molar-refractivity contribution in [2.45, 2.75) is 33.6 Å². The van der Waals surface area contributed by atoms with Crippen molar-refractivity contribution in [2.75, 3.05) is 11.4 Å². The van der Waals surface area contributed by atoms with Gasteiger partial charge in [-0.3, -0.25) is 0 Å². The van der Waals surface area contributed by atoms with E-state index in [0.29, 0.717) is 5.88 Å². The zero-order chi connectivity index (χ0) is 14.7. The number of anilines is 2. The first-order valence-electron chi connectivity index (χ1n) is 6.94. The van der Waals surface area contributed by atoms with Gasteiger partial charge in [0, 0.05) is 23.5 Å². The van der Waals surface area contributed by atoms with Crippen molar-refractivity contribution < 1.29 is 0 Å². The van der Waals surface area contributed by atoms with Crippen molar-refractivity contribution in [2.24, 2.45) is 0 Å². The molecule has 106 valence electrons. The molecule has 1 heterocycles. The first kappa shape index (κ1) is 14.9. The molecule has 0 fully saturated rings. The van der Waals surface area contributed by atoms with Gasteiger partial charge in [-0.25, -0.2) is 4.98 Å². The van der Waals surface area contributed by atoms with Crippen molar-refractivity contribution in [3.63, 3.8) is 0 Å². The molecule has 0 saturated heterocycles. The van der Waals surface area contributed by atoms with Gasteiger partial charge < -0.3 is 4.90 Å². The minimum atomic E-state index is 0.483. The lowest BCUT2D eigenvalue weighted by Crippen LogP contribution is -2.20. The van der Waals surface area contributed by atoms with E-state index in [1.807, 2.05) is 6.92 Å². The number of hydrogen-bond donors (Lipinski definition) is 0. The maximum Gasteiger partial charge on any atom is 0.137 e. The fourth-order valence-corrected chi connectivity index (χ4v) is 2.81. The van der Waals surface area contributed by atoms with E-state index in [4.69, 9.17) is 16.6 Å². The Morgan fingerprint density at radius 3 is 2.50 bits per heavy atom. The second-order valence-corrected chi connectivity index (χ2v) is 5.37. The van der Waals surface area contributed by atoms with Crippen LogP contribution in [-0.2, 0) is 5.88 Å². The van der Waals surface area contributed by atoms with E-state index in [9.17, 15) is 0 Å². The first-order valence-corrected chi connectivity index (χ1v) is 7.47. The molecule has 1 aromatic heterocycles. The number of aryl methyl sites for hydroxylation is 3. The van der Waals surface area contributed by atoms with Gasteiger partial charge in [-0.05, 0) is 57.0 Å². The van der Waals surface area contributed by atoms with Gasteiger partial charge in [0.2, 0.25) is 0 Å². The Balaban J connectivity index is 2.57. The number of alkyl halides is 1. The van der Waals surface area contributed by atoms with E-state index in [0.717, 1.165) is 29.3 Å². The minimum absolute atomic E-state index is 0.483. The highest BCUT2D eigenvalue weighted by molar-refractivity contribution is 6.17. The smallest absolute Gasteiger partial charge is 0.137 e. The van der Waals surface area contributed by atoms with Gasteiger partial charge in [0.15, 0.2) is 0 Å². The number of pyridine rings is 1. The quantitative estimate of drug-likeness (QED) is 0.744. The normalized spacial score (nSPS) is 10.7. The van der Waals surface area contributed by atoms with E-state index in [1.54, 1.807) is 0 Å². The maximum atomic E-state index is 6.14. The first-order chi connectivity index (χ1) is 9.56. The average molecular weight is 289 g/mol. The summed E-state index contributed by atoms with van der Waals surface area (Å²) >= 11 is 6.14. The lowest BCUT2D eigenvalue weighted by molar-refractivity contribution is 0.957. The van der Waals surface area contributed by atoms with Crippen molar-refractivity contribution in [3.8, 4) is 0 Å². The van der Waals surface area contributed by atoms with Crippen LogP contribution in [0.15, 0.2) is 30.3 Å². The molecule has 2 rings (SSSR count). The molecule has 0 radical (unpaired) electrons. The molecule has 0 aliphatic rings. The monoisotopic (exact) mass is 288 g/mol. The van der Waals surface area contributed by atoms with Crippen LogP contribution in [0.25, 0.3) is 0 Å². The van der Waals surface area contributed by atoms with Crippen LogP contribution in [0, 0.1) is 20.8 Å². The third-order valence-electron chi connectivity index (χ3n) is 3.47. The standard InChI is InChI=1S/C17H21ClN2/c1-5-20(15-8-6-7-12(2)9-15)17-16(11-18)13(3)10-14(4)19-17/h6-10H,5,11H2,1-4H3. The molecule has 2 aromatic rings. The summed E-state index contributed by atoms with van der Waals surface area (Å²) in [5, 5.41) is 0. The minimum Gasteiger partial charge on any atom is -0.326 e. The van der Waals surface area contributed by atoms with Crippen molar-refractivity contribution >= 4 is 23.1 Å². The molecule has 3 heteroatoms. The van der Waals surface area contributed by atoms with Crippen molar-refractivity contribution in [1.82, 2.24) is 4.98 Å². The van der Waals surface area contributed by atoms with E-state index in [1.165, 1.54) is 11.1 Å². The highest BCUT2D eigenvalue weighted by Gasteiger charge is 2.15. The Kier molecular flexibility index (Phi) is 4.66. The molecule has 2 nitrogen and oxygen atoms in total. The summed E-state index contributed by atoms with van der Waals surface area (Å²) in [6, 6.07) is 10.6. The zero-order valence-electron chi connectivity index (χ0n) is 12.6. The summed E-state index contributed by atoms with van der Waals surface area (Å²) in [4.78, 5) is 6.95. The Labute approximate surface area is 126 Å². The van der Waals surface area contributed by atoms with Gasteiger partial charge in [0.05, 0.1) is 5.88 Å². The highest BCUT2D eigenvalue weighted by Crippen LogP contribution is 2.30. The van der Waals surface area contributed by atoms with Crippen molar-refractivity contribution in [1.29, 1.82) is 0 Å². The largest absolute Gasteiger partial charge is 0.326 e. The second kappa shape index (κ2) is 6.27. The molecule has 1 aromatic carbocycles. The lowest BCUT2D eigenvalue weighted by Gasteiger charge is -2.26. The summed E-state index contributed by atoms with van der Waals surface area (Å²) in [7, 11) is 0. The van der Waals surface area contributed by atoms with E-state index in [-0.39, 0.29) is 0 Å². The van der Waals surface area contributed by atoms with Crippen LogP contribution in [0.3, 0.4) is 0 Å². The van der Waals surface area contributed by atoms with E-state index < -0.39 is 0 Å². The third kappa shape index (κ3) is 2.96. The number of rotatable bonds is 4. The molecule has 0 atom stereocenters. The third-order valence-corrected chi connectivity index (χ3v) is 3.74. The molecular formula is C17H21ClN2. The van der Waals surface area contributed by atoms with Gasteiger partial charge in [-0.1, -0.05) is 12.1 Å². The summed E-state index contributed by atoms with van der Waals surface area (Å²) in [5.41, 5.74) is 5.75. The van der Waals surface area contributed by atoms with Crippen LogP contribution in [0.2, 0.25) is 0 Å². The summed E-state index contributed by atoms with van der Waals surface area (Å²) in [6.45, 7) is 9.23. The maximum absolute atomic E-state index is 6.14. The van der Waals surface area contributed by atoms with Gasteiger partial charge in [-0.15, -0.1) is 11.6 Å². The van der Waals surface area contributed by atoms with Crippen LogP contribution in [0.4, 0.5) is 11.5 Å². The molecule has 0 aliphatic carbocycles. The molecule has 0 bridgehead atoms. The fourth-order valence-electron chi connectivity index (χ4n) is 2.48. The number of nitrogens with zero attached hydrogens (tertiary/aromatic N) is 2. The van der Waals surface area contributed by atoms with E-state index >= 15 is 0 Å². The molecule has 0 unspecified atom stereocenters. The number of aromatic nitrogens is 1. The molecule has 0 saturated carbocycles. The van der Waals surface area contributed by atoms with Crippen LogP contribution in [-0.4, -0.2) is 11.5 Å². The second-order valence-electron chi connectivity index (χ2n) is 5.10. The number of hydrogen-bond acceptors (Lipinski definition) is 2.